The number of carbonyl (C=O) groups excluding carboxylic acids is 1. The third kappa shape index (κ3) is 3.54. The van der Waals surface area contributed by atoms with Crippen LogP contribution < -0.4 is 5.32 Å². The Hall–Kier alpha value is -0.870. The molecule has 1 fully saturated rings. The zero-order valence-corrected chi connectivity index (χ0v) is 11.3. The highest BCUT2D eigenvalue weighted by molar-refractivity contribution is 7.10. The normalized spacial score (nSPS) is 15.2. The van der Waals surface area contributed by atoms with Crippen LogP contribution in [0.5, 0.6) is 0 Å². The van der Waals surface area contributed by atoms with Crippen LogP contribution in [0.1, 0.15) is 30.2 Å². The van der Waals surface area contributed by atoms with Gasteiger partial charge in [-0.15, -0.1) is 11.3 Å². The number of amides is 1. The molecule has 1 aromatic rings. The van der Waals surface area contributed by atoms with Gasteiger partial charge in [-0.05, 0) is 43.3 Å². The van der Waals surface area contributed by atoms with Gasteiger partial charge in [0, 0.05) is 10.9 Å². The van der Waals surface area contributed by atoms with Gasteiger partial charge in [0.25, 0.3) is 0 Å². The lowest BCUT2D eigenvalue weighted by Gasteiger charge is -2.18. The summed E-state index contributed by atoms with van der Waals surface area (Å²) in [6, 6.07) is 2.75. The topological polar surface area (TPSA) is 32.3 Å². The maximum atomic E-state index is 11.8. The van der Waals surface area contributed by atoms with Crippen LogP contribution in [0.15, 0.2) is 11.4 Å². The van der Waals surface area contributed by atoms with Crippen LogP contribution in [0.3, 0.4) is 0 Å². The number of aryl methyl sites for hydroxylation is 1. The van der Waals surface area contributed by atoms with E-state index in [2.05, 4.69) is 35.5 Å². The number of carbonyl (C=O) groups is 1. The molecule has 0 atom stereocenters. The average molecular weight is 252 g/mol. The Morgan fingerprint density at radius 1 is 1.59 bits per heavy atom. The molecular weight excluding hydrogens is 232 g/mol. The number of rotatable bonds is 6. The average Bonchev–Trinajstić information content (AvgIpc) is 3.07. The fourth-order valence-electron chi connectivity index (χ4n) is 1.94. The summed E-state index contributed by atoms with van der Waals surface area (Å²) < 4.78 is 0. The zero-order chi connectivity index (χ0) is 12.3. The smallest absolute Gasteiger partial charge is 0.234 e. The van der Waals surface area contributed by atoms with E-state index < -0.39 is 0 Å². The van der Waals surface area contributed by atoms with E-state index in [0.717, 1.165) is 6.54 Å². The minimum Gasteiger partial charge on any atom is -0.350 e. The fourth-order valence-corrected chi connectivity index (χ4v) is 2.79. The van der Waals surface area contributed by atoms with Gasteiger partial charge in [-0.25, -0.2) is 0 Å². The van der Waals surface area contributed by atoms with Gasteiger partial charge in [0.2, 0.25) is 5.91 Å². The number of thiophene rings is 1. The summed E-state index contributed by atoms with van der Waals surface area (Å²) in [5.74, 6) is 0.145. The molecule has 0 spiro atoms. The van der Waals surface area contributed by atoms with Crippen molar-refractivity contribution in [2.75, 3.05) is 13.1 Å². The van der Waals surface area contributed by atoms with Gasteiger partial charge in [-0.1, -0.05) is 6.92 Å². The summed E-state index contributed by atoms with van der Waals surface area (Å²) >= 11 is 1.71. The first-order valence-electron chi connectivity index (χ1n) is 6.24. The molecule has 1 aliphatic rings. The van der Waals surface area contributed by atoms with Crippen molar-refractivity contribution >= 4 is 17.2 Å². The Morgan fingerprint density at radius 3 is 2.88 bits per heavy atom. The predicted molar refractivity (Wildman–Crippen MR) is 71.2 cm³/mol. The first kappa shape index (κ1) is 12.6. The van der Waals surface area contributed by atoms with Gasteiger partial charge in [-0.2, -0.15) is 0 Å². The molecule has 17 heavy (non-hydrogen) atoms. The van der Waals surface area contributed by atoms with Crippen molar-refractivity contribution in [3.05, 3.63) is 21.9 Å². The predicted octanol–water partition coefficient (Wildman–Crippen LogP) is 2.16. The summed E-state index contributed by atoms with van der Waals surface area (Å²) in [6.07, 6.45) is 2.51. The molecule has 1 heterocycles. The van der Waals surface area contributed by atoms with Crippen LogP contribution in [0.2, 0.25) is 0 Å². The van der Waals surface area contributed by atoms with Crippen molar-refractivity contribution in [2.45, 2.75) is 39.3 Å². The first-order valence-corrected chi connectivity index (χ1v) is 7.12. The van der Waals surface area contributed by atoms with Gasteiger partial charge in [-0.3, -0.25) is 9.69 Å². The van der Waals surface area contributed by atoms with E-state index >= 15 is 0 Å². The Kier molecular flexibility index (Phi) is 4.18. The second-order valence-corrected chi connectivity index (χ2v) is 5.60. The van der Waals surface area contributed by atoms with E-state index in [1.165, 1.54) is 23.3 Å². The molecule has 0 radical (unpaired) electrons. The summed E-state index contributed by atoms with van der Waals surface area (Å²) in [6.45, 7) is 6.39. The number of nitrogens with one attached hydrogen (secondary N) is 1. The zero-order valence-electron chi connectivity index (χ0n) is 10.5. The number of hydrogen-bond acceptors (Lipinski definition) is 3. The molecule has 1 aromatic heterocycles. The quantitative estimate of drug-likeness (QED) is 0.841. The van der Waals surface area contributed by atoms with Gasteiger partial charge >= 0.3 is 0 Å². The summed E-state index contributed by atoms with van der Waals surface area (Å²) in [4.78, 5) is 15.3. The Labute approximate surface area is 107 Å². The molecule has 0 saturated heterocycles. The highest BCUT2D eigenvalue weighted by Gasteiger charge is 2.28. The fraction of sp³-hybridized carbons (Fsp3) is 0.615. The molecule has 4 heteroatoms. The molecule has 3 nitrogen and oxygen atoms in total. The monoisotopic (exact) mass is 252 g/mol. The number of nitrogens with zero attached hydrogens (tertiary/aromatic N) is 1. The van der Waals surface area contributed by atoms with Crippen LogP contribution in [0, 0.1) is 6.92 Å². The van der Waals surface area contributed by atoms with Gasteiger partial charge in [0.15, 0.2) is 0 Å². The summed E-state index contributed by atoms with van der Waals surface area (Å²) in [5, 5.41) is 5.07. The Morgan fingerprint density at radius 2 is 2.35 bits per heavy atom. The summed E-state index contributed by atoms with van der Waals surface area (Å²) in [5.41, 5.74) is 1.27. The van der Waals surface area contributed by atoms with E-state index in [9.17, 15) is 4.79 Å². The molecular formula is C13H20N2OS. The maximum Gasteiger partial charge on any atom is 0.234 e. The standard InChI is InChI=1S/C13H20N2OS/c1-3-15(11-4-5-11)9-13(16)14-8-12-10(2)6-7-17-12/h6-7,11H,3-5,8-9H2,1-2H3,(H,14,16). The second-order valence-electron chi connectivity index (χ2n) is 4.60. The molecule has 0 aromatic carbocycles. The van der Waals surface area contributed by atoms with E-state index in [-0.39, 0.29) is 5.91 Å². The van der Waals surface area contributed by atoms with Crippen LogP contribution in [0.25, 0.3) is 0 Å². The SMILES string of the molecule is CCN(CC(=O)NCc1sccc1C)C1CC1. The van der Waals surface area contributed by atoms with Crippen molar-refractivity contribution < 1.29 is 4.79 Å². The highest BCUT2D eigenvalue weighted by atomic mass is 32.1. The largest absolute Gasteiger partial charge is 0.350 e. The van der Waals surface area contributed by atoms with Crippen LogP contribution in [-0.2, 0) is 11.3 Å². The number of likely N-dealkylation sites (N-methyl/N-ethyl adjacent to an activating group) is 1. The minimum atomic E-state index is 0.145. The third-order valence-corrected chi connectivity index (χ3v) is 4.25. The second kappa shape index (κ2) is 5.65. The van der Waals surface area contributed by atoms with Gasteiger partial charge < -0.3 is 5.32 Å². The molecule has 94 valence electrons. The van der Waals surface area contributed by atoms with Crippen molar-refractivity contribution in [3.8, 4) is 0 Å². The first-order chi connectivity index (χ1) is 8.20. The van der Waals surface area contributed by atoms with E-state index in [4.69, 9.17) is 0 Å². The maximum absolute atomic E-state index is 11.8. The molecule has 0 aliphatic heterocycles. The molecule has 1 saturated carbocycles. The molecule has 2 rings (SSSR count). The Balaban J connectivity index is 1.75. The molecule has 1 amide bonds. The molecule has 1 N–H and O–H groups in total. The van der Waals surface area contributed by atoms with E-state index in [1.54, 1.807) is 11.3 Å². The lowest BCUT2D eigenvalue weighted by molar-refractivity contribution is -0.122. The minimum absolute atomic E-state index is 0.145. The van der Waals surface area contributed by atoms with E-state index in [0.29, 0.717) is 19.1 Å². The molecule has 0 unspecified atom stereocenters. The highest BCUT2D eigenvalue weighted by Crippen LogP contribution is 2.26. The molecule has 1 aliphatic carbocycles. The third-order valence-electron chi connectivity index (χ3n) is 3.23. The molecule has 0 bridgehead atoms. The van der Waals surface area contributed by atoms with Gasteiger partial charge in [0.1, 0.15) is 0 Å². The van der Waals surface area contributed by atoms with Crippen molar-refractivity contribution in [2.24, 2.45) is 0 Å². The van der Waals surface area contributed by atoms with Crippen LogP contribution >= 0.6 is 11.3 Å². The van der Waals surface area contributed by atoms with Crippen molar-refractivity contribution in [1.82, 2.24) is 10.2 Å². The summed E-state index contributed by atoms with van der Waals surface area (Å²) in [7, 11) is 0. The Bertz CT molecular complexity index is 385. The lowest BCUT2D eigenvalue weighted by atomic mass is 10.3. The van der Waals surface area contributed by atoms with Crippen LogP contribution in [-0.4, -0.2) is 29.9 Å². The van der Waals surface area contributed by atoms with Crippen molar-refractivity contribution in [3.63, 3.8) is 0 Å². The number of hydrogen-bond donors (Lipinski definition) is 1. The van der Waals surface area contributed by atoms with E-state index in [1.807, 2.05) is 0 Å². The van der Waals surface area contributed by atoms with Crippen molar-refractivity contribution in [1.29, 1.82) is 0 Å². The lowest BCUT2D eigenvalue weighted by Crippen LogP contribution is -2.38. The van der Waals surface area contributed by atoms with Crippen LogP contribution in [0.4, 0.5) is 0 Å². The van der Waals surface area contributed by atoms with Gasteiger partial charge in [0.05, 0.1) is 13.1 Å².